The average molecular weight is 308 g/mol. The largest absolute Gasteiger partial charge is 0.327 e. The highest BCUT2D eigenvalue weighted by Crippen LogP contribution is 2.19. The number of rotatable bonds is 5. The fourth-order valence-corrected chi connectivity index (χ4v) is 2.59. The standard InChI is InChI=1S/C14H15ClFN5/c1-20-9-17-19-14(20)5-7-21-12-3-2-10(16)8-11(12)18-13(21)4-6-15/h2-3,8-9H,4-7H2,1H3. The van der Waals surface area contributed by atoms with Crippen molar-refractivity contribution in [3.8, 4) is 0 Å². The molecule has 2 aromatic heterocycles. The normalized spacial score (nSPS) is 11.4. The Bertz CT molecular complexity index is 764. The molecule has 21 heavy (non-hydrogen) atoms. The number of fused-ring (bicyclic) bond motifs is 1. The molecule has 0 N–H and O–H groups in total. The third-order valence-corrected chi connectivity index (χ3v) is 3.66. The van der Waals surface area contributed by atoms with Crippen molar-refractivity contribution in [2.45, 2.75) is 19.4 Å². The Morgan fingerprint density at radius 2 is 2.10 bits per heavy atom. The van der Waals surface area contributed by atoms with Crippen LogP contribution in [-0.2, 0) is 26.4 Å². The molecule has 7 heteroatoms. The van der Waals surface area contributed by atoms with E-state index in [-0.39, 0.29) is 5.82 Å². The lowest BCUT2D eigenvalue weighted by atomic mass is 10.3. The minimum absolute atomic E-state index is 0.280. The van der Waals surface area contributed by atoms with E-state index in [1.165, 1.54) is 12.1 Å². The summed E-state index contributed by atoms with van der Waals surface area (Å²) in [4.78, 5) is 4.48. The first kappa shape index (κ1) is 14.0. The molecule has 110 valence electrons. The van der Waals surface area contributed by atoms with Gasteiger partial charge in [-0.25, -0.2) is 9.37 Å². The van der Waals surface area contributed by atoms with Crippen LogP contribution < -0.4 is 0 Å². The average Bonchev–Trinajstić information content (AvgIpc) is 3.00. The van der Waals surface area contributed by atoms with Gasteiger partial charge in [0.15, 0.2) is 0 Å². The van der Waals surface area contributed by atoms with Gasteiger partial charge >= 0.3 is 0 Å². The second-order valence-electron chi connectivity index (χ2n) is 4.86. The maximum Gasteiger partial charge on any atom is 0.134 e. The SMILES string of the molecule is Cn1cnnc1CCn1c(CCCl)nc2cc(F)ccc21. The fraction of sp³-hybridized carbons (Fsp3) is 0.357. The van der Waals surface area contributed by atoms with Crippen LogP contribution in [0.1, 0.15) is 11.6 Å². The summed E-state index contributed by atoms with van der Waals surface area (Å²) in [5.41, 5.74) is 1.58. The fourth-order valence-electron chi connectivity index (χ4n) is 2.42. The zero-order chi connectivity index (χ0) is 14.8. The predicted molar refractivity (Wildman–Crippen MR) is 78.8 cm³/mol. The minimum atomic E-state index is -0.280. The van der Waals surface area contributed by atoms with Crippen LogP contribution in [0, 0.1) is 5.82 Å². The smallest absolute Gasteiger partial charge is 0.134 e. The summed E-state index contributed by atoms with van der Waals surface area (Å²) in [6.07, 6.45) is 3.06. The van der Waals surface area contributed by atoms with E-state index in [1.54, 1.807) is 12.4 Å². The van der Waals surface area contributed by atoms with Crippen LogP contribution in [-0.4, -0.2) is 30.2 Å². The van der Waals surface area contributed by atoms with Crippen LogP contribution in [0.3, 0.4) is 0 Å². The van der Waals surface area contributed by atoms with Crippen LogP contribution in [0.25, 0.3) is 11.0 Å². The lowest BCUT2D eigenvalue weighted by molar-refractivity contribution is 0.627. The van der Waals surface area contributed by atoms with Crippen molar-refractivity contribution in [2.75, 3.05) is 5.88 Å². The molecule has 0 aliphatic carbocycles. The molecule has 1 aromatic carbocycles. The number of hydrogen-bond donors (Lipinski definition) is 0. The number of benzene rings is 1. The number of hydrogen-bond acceptors (Lipinski definition) is 3. The first-order valence-electron chi connectivity index (χ1n) is 6.72. The molecule has 0 bridgehead atoms. The van der Waals surface area contributed by atoms with E-state index in [2.05, 4.69) is 19.7 Å². The third-order valence-electron chi connectivity index (χ3n) is 3.47. The van der Waals surface area contributed by atoms with Crippen molar-refractivity contribution >= 4 is 22.6 Å². The van der Waals surface area contributed by atoms with Gasteiger partial charge in [0, 0.05) is 38.4 Å². The lowest BCUT2D eigenvalue weighted by Crippen LogP contribution is -2.09. The molecule has 0 fully saturated rings. The van der Waals surface area contributed by atoms with Crippen molar-refractivity contribution in [3.05, 3.63) is 42.0 Å². The van der Waals surface area contributed by atoms with Crippen LogP contribution in [0.15, 0.2) is 24.5 Å². The van der Waals surface area contributed by atoms with Gasteiger partial charge in [0.05, 0.1) is 11.0 Å². The van der Waals surface area contributed by atoms with Crippen molar-refractivity contribution in [2.24, 2.45) is 7.05 Å². The van der Waals surface area contributed by atoms with Gasteiger partial charge in [0.1, 0.15) is 23.8 Å². The van der Waals surface area contributed by atoms with Crippen LogP contribution in [0.5, 0.6) is 0 Å². The summed E-state index contributed by atoms with van der Waals surface area (Å²) in [5, 5.41) is 7.95. The van der Waals surface area contributed by atoms with Gasteiger partial charge in [-0.1, -0.05) is 0 Å². The van der Waals surface area contributed by atoms with Crippen molar-refractivity contribution in [1.29, 1.82) is 0 Å². The predicted octanol–water partition coefficient (Wildman–Crippen LogP) is 2.33. The van der Waals surface area contributed by atoms with Crippen LogP contribution >= 0.6 is 11.6 Å². The molecule has 0 aliphatic rings. The Hall–Kier alpha value is -1.95. The number of nitrogens with zero attached hydrogens (tertiary/aromatic N) is 5. The first-order chi connectivity index (χ1) is 10.2. The van der Waals surface area contributed by atoms with Crippen molar-refractivity contribution < 1.29 is 4.39 Å². The molecular weight excluding hydrogens is 293 g/mol. The van der Waals surface area contributed by atoms with Gasteiger partial charge in [-0.2, -0.15) is 0 Å². The summed E-state index contributed by atoms with van der Waals surface area (Å²) in [7, 11) is 1.91. The zero-order valence-corrected chi connectivity index (χ0v) is 12.4. The Kier molecular flexibility index (Phi) is 3.88. The summed E-state index contributed by atoms with van der Waals surface area (Å²) in [6.45, 7) is 0.709. The lowest BCUT2D eigenvalue weighted by Gasteiger charge is -2.08. The van der Waals surface area contributed by atoms with E-state index < -0.39 is 0 Å². The van der Waals surface area contributed by atoms with Gasteiger partial charge < -0.3 is 9.13 Å². The molecule has 0 amide bonds. The first-order valence-corrected chi connectivity index (χ1v) is 7.26. The zero-order valence-electron chi connectivity index (χ0n) is 11.6. The third kappa shape index (κ3) is 2.76. The minimum Gasteiger partial charge on any atom is -0.327 e. The molecular formula is C14H15ClFN5. The number of alkyl halides is 1. The second kappa shape index (κ2) is 5.81. The number of halogens is 2. The van der Waals surface area contributed by atoms with Crippen molar-refractivity contribution in [3.63, 3.8) is 0 Å². The highest BCUT2D eigenvalue weighted by atomic mass is 35.5. The molecule has 0 saturated carbocycles. The summed E-state index contributed by atoms with van der Waals surface area (Å²) >= 11 is 5.84. The van der Waals surface area contributed by atoms with E-state index in [0.717, 1.165) is 23.6 Å². The Labute approximate surface area is 126 Å². The Balaban J connectivity index is 1.95. The second-order valence-corrected chi connectivity index (χ2v) is 5.24. The number of aryl methyl sites for hydroxylation is 4. The summed E-state index contributed by atoms with van der Waals surface area (Å²) in [6, 6.07) is 4.66. The molecule has 0 radical (unpaired) electrons. The topological polar surface area (TPSA) is 48.5 Å². The van der Waals surface area contributed by atoms with E-state index in [1.807, 2.05) is 11.6 Å². The van der Waals surface area contributed by atoms with E-state index in [9.17, 15) is 4.39 Å². The van der Waals surface area contributed by atoms with Gasteiger partial charge in [-0.15, -0.1) is 21.8 Å². The van der Waals surface area contributed by atoms with E-state index in [0.29, 0.717) is 24.4 Å². The molecule has 0 atom stereocenters. The van der Waals surface area contributed by atoms with Crippen LogP contribution in [0.2, 0.25) is 0 Å². The van der Waals surface area contributed by atoms with Crippen molar-refractivity contribution in [1.82, 2.24) is 24.3 Å². The molecule has 0 spiro atoms. The molecule has 0 saturated heterocycles. The van der Waals surface area contributed by atoms with Gasteiger partial charge in [-0.05, 0) is 12.1 Å². The quantitative estimate of drug-likeness (QED) is 0.680. The Morgan fingerprint density at radius 1 is 1.24 bits per heavy atom. The monoisotopic (exact) mass is 307 g/mol. The molecule has 3 aromatic rings. The number of imidazole rings is 1. The number of aromatic nitrogens is 5. The maximum absolute atomic E-state index is 13.3. The molecule has 0 aliphatic heterocycles. The van der Waals surface area contributed by atoms with Gasteiger partial charge in [0.25, 0.3) is 0 Å². The van der Waals surface area contributed by atoms with Crippen LogP contribution in [0.4, 0.5) is 4.39 Å². The summed E-state index contributed by atoms with van der Waals surface area (Å²) < 4.78 is 17.3. The molecule has 5 nitrogen and oxygen atoms in total. The Morgan fingerprint density at radius 3 is 2.81 bits per heavy atom. The van der Waals surface area contributed by atoms with Gasteiger partial charge in [-0.3, -0.25) is 0 Å². The highest BCUT2D eigenvalue weighted by molar-refractivity contribution is 6.17. The highest BCUT2D eigenvalue weighted by Gasteiger charge is 2.12. The van der Waals surface area contributed by atoms with Gasteiger partial charge in [0.2, 0.25) is 0 Å². The van der Waals surface area contributed by atoms with E-state index in [4.69, 9.17) is 11.6 Å². The molecule has 0 unspecified atom stereocenters. The van der Waals surface area contributed by atoms with E-state index >= 15 is 0 Å². The maximum atomic E-state index is 13.3. The molecule has 3 rings (SSSR count). The molecule has 2 heterocycles. The summed E-state index contributed by atoms with van der Waals surface area (Å²) in [5.74, 6) is 1.97.